The number of thioether (sulfide) groups is 1. The van der Waals surface area contributed by atoms with Crippen molar-refractivity contribution in [3.05, 3.63) is 18.4 Å². The van der Waals surface area contributed by atoms with Crippen LogP contribution in [0.15, 0.2) is 28.0 Å². The molecule has 0 aliphatic carbocycles. The second-order valence-corrected chi connectivity index (χ2v) is 7.25. The van der Waals surface area contributed by atoms with Gasteiger partial charge in [0.15, 0.2) is 10.9 Å². The number of carbonyl (C=O) groups excluding carboxylic acids is 1. The van der Waals surface area contributed by atoms with Crippen molar-refractivity contribution in [2.45, 2.75) is 31.5 Å². The summed E-state index contributed by atoms with van der Waals surface area (Å²) in [6.45, 7) is 5.06. The third-order valence-corrected chi connectivity index (χ3v) is 5.26. The van der Waals surface area contributed by atoms with Crippen molar-refractivity contribution in [1.82, 2.24) is 19.7 Å². The molecule has 3 heterocycles. The Morgan fingerprint density at radius 2 is 2.36 bits per heavy atom. The Balaban J connectivity index is 1.68. The number of amides is 1. The van der Waals surface area contributed by atoms with Crippen molar-refractivity contribution >= 4 is 17.7 Å². The standard InChI is InChI=1S/C17H24N4O3S/c1-13-5-3-7-20(11-13)15(22)12-25-17-19-18-16(14-6-4-9-24-14)21(17)8-10-23-2/h4,6,9,13H,3,5,7-8,10-12H2,1-2H3/t13-/m0/s1. The Morgan fingerprint density at radius 1 is 1.48 bits per heavy atom. The van der Waals surface area contributed by atoms with Gasteiger partial charge in [-0.15, -0.1) is 10.2 Å². The molecule has 0 radical (unpaired) electrons. The van der Waals surface area contributed by atoms with Gasteiger partial charge in [-0.2, -0.15) is 0 Å². The Kier molecular flexibility index (Phi) is 6.14. The van der Waals surface area contributed by atoms with E-state index in [0.29, 0.717) is 41.6 Å². The zero-order valence-corrected chi connectivity index (χ0v) is 15.5. The SMILES string of the molecule is COCCn1c(SCC(=O)N2CCC[C@H](C)C2)nnc1-c1ccco1. The van der Waals surface area contributed by atoms with E-state index in [1.54, 1.807) is 13.4 Å². The second kappa shape index (κ2) is 8.53. The highest BCUT2D eigenvalue weighted by Crippen LogP contribution is 2.25. The molecular weight excluding hydrogens is 340 g/mol. The monoisotopic (exact) mass is 364 g/mol. The molecule has 1 fully saturated rings. The zero-order valence-electron chi connectivity index (χ0n) is 14.7. The first kappa shape index (κ1) is 18.0. The van der Waals surface area contributed by atoms with Crippen LogP contribution in [0.2, 0.25) is 0 Å². The number of carbonyl (C=O) groups is 1. The quantitative estimate of drug-likeness (QED) is 0.703. The van der Waals surface area contributed by atoms with Crippen molar-refractivity contribution in [3.8, 4) is 11.6 Å². The van der Waals surface area contributed by atoms with Crippen LogP contribution in [-0.4, -0.2) is 58.1 Å². The molecule has 1 amide bonds. The smallest absolute Gasteiger partial charge is 0.233 e. The van der Waals surface area contributed by atoms with Crippen LogP contribution < -0.4 is 0 Å². The van der Waals surface area contributed by atoms with Crippen molar-refractivity contribution < 1.29 is 13.9 Å². The van der Waals surface area contributed by atoms with Crippen LogP contribution in [0.3, 0.4) is 0 Å². The number of furan rings is 1. The van der Waals surface area contributed by atoms with Crippen LogP contribution in [0.5, 0.6) is 0 Å². The maximum atomic E-state index is 12.5. The first-order valence-electron chi connectivity index (χ1n) is 8.55. The minimum Gasteiger partial charge on any atom is -0.461 e. The summed E-state index contributed by atoms with van der Waals surface area (Å²) in [6, 6.07) is 3.67. The number of hydrogen-bond donors (Lipinski definition) is 0. The molecule has 0 spiro atoms. The van der Waals surface area contributed by atoms with Crippen molar-refractivity contribution in [3.63, 3.8) is 0 Å². The zero-order chi connectivity index (χ0) is 17.6. The maximum Gasteiger partial charge on any atom is 0.233 e. The maximum absolute atomic E-state index is 12.5. The molecule has 1 aliphatic heterocycles. The third kappa shape index (κ3) is 4.43. The topological polar surface area (TPSA) is 73.4 Å². The first-order valence-corrected chi connectivity index (χ1v) is 9.54. The van der Waals surface area contributed by atoms with Crippen molar-refractivity contribution in [2.75, 3.05) is 32.6 Å². The summed E-state index contributed by atoms with van der Waals surface area (Å²) in [4.78, 5) is 14.4. The van der Waals surface area contributed by atoms with Gasteiger partial charge in [-0.25, -0.2) is 0 Å². The summed E-state index contributed by atoms with van der Waals surface area (Å²) in [6.07, 6.45) is 3.90. The molecule has 8 heteroatoms. The van der Waals surface area contributed by atoms with E-state index in [9.17, 15) is 4.79 Å². The summed E-state index contributed by atoms with van der Waals surface area (Å²) in [5.74, 6) is 2.43. The molecule has 2 aromatic heterocycles. The lowest BCUT2D eigenvalue weighted by Gasteiger charge is -2.30. The van der Waals surface area contributed by atoms with E-state index >= 15 is 0 Å². The van der Waals surface area contributed by atoms with Crippen LogP contribution in [-0.2, 0) is 16.1 Å². The molecule has 1 saturated heterocycles. The minimum absolute atomic E-state index is 0.164. The number of piperidine rings is 1. The summed E-state index contributed by atoms with van der Waals surface area (Å²) in [5.41, 5.74) is 0. The molecule has 1 aliphatic rings. The average Bonchev–Trinajstić information content (AvgIpc) is 3.27. The molecule has 0 unspecified atom stereocenters. The Morgan fingerprint density at radius 3 is 3.08 bits per heavy atom. The molecule has 7 nitrogen and oxygen atoms in total. The van der Waals surface area contributed by atoms with Crippen LogP contribution in [0, 0.1) is 5.92 Å². The van der Waals surface area contributed by atoms with E-state index in [0.717, 1.165) is 19.5 Å². The lowest BCUT2D eigenvalue weighted by Crippen LogP contribution is -2.40. The minimum atomic E-state index is 0.164. The fraction of sp³-hybridized carbons (Fsp3) is 0.588. The van der Waals surface area contributed by atoms with Gasteiger partial charge in [-0.1, -0.05) is 18.7 Å². The van der Waals surface area contributed by atoms with Gasteiger partial charge in [0, 0.05) is 20.2 Å². The van der Waals surface area contributed by atoms with E-state index in [1.807, 2.05) is 21.6 Å². The number of hydrogen-bond acceptors (Lipinski definition) is 6. The molecule has 25 heavy (non-hydrogen) atoms. The molecule has 1 atom stereocenters. The lowest BCUT2D eigenvalue weighted by molar-refractivity contribution is -0.130. The summed E-state index contributed by atoms with van der Waals surface area (Å²) >= 11 is 1.42. The summed E-state index contributed by atoms with van der Waals surface area (Å²) in [5, 5.41) is 9.19. The van der Waals surface area contributed by atoms with E-state index in [-0.39, 0.29) is 5.91 Å². The van der Waals surface area contributed by atoms with E-state index in [2.05, 4.69) is 17.1 Å². The van der Waals surface area contributed by atoms with E-state index in [1.165, 1.54) is 18.2 Å². The predicted molar refractivity (Wildman–Crippen MR) is 95.3 cm³/mol. The third-order valence-electron chi connectivity index (χ3n) is 4.31. The highest BCUT2D eigenvalue weighted by Gasteiger charge is 2.22. The summed E-state index contributed by atoms with van der Waals surface area (Å²) in [7, 11) is 1.66. The molecule has 0 aromatic carbocycles. The molecule has 0 bridgehead atoms. The number of methoxy groups -OCH3 is 1. The molecule has 136 valence electrons. The van der Waals surface area contributed by atoms with Crippen molar-refractivity contribution in [2.24, 2.45) is 5.92 Å². The fourth-order valence-corrected chi connectivity index (χ4v) is 3.87. The largest absolute Gasteiger partial charge is 0.461 e. The number of likely N-dealkylation sites (tertiary alicyclic amines) is 1. The van der Waals surface area contributed by atoms with Gasteiger partial charge >= 0.3 is 0 Å². The Labute approximate surface area is 151 Å². The number of ether oxygens (including phenoxy) is 1. The number of nitrogens with zero attached hydrogens (tertiary/aromatic N) is 4. The van der Waals surface area contributed by atoms with Crippen LogP contribution in [0.4, 0.5) is 0 Å². The Bertz CT molecular complexity index is 686. The van der Waals surface area contributed by atoms with Crippen LogP contribution in [0.1, 0.15) is 19.8 Å². The Hall–Kier alpha value is -1.80. The van der Waals surface area contributed by atoms with Crippen LogP contribution in [0.25, 0.3) is 11.6 Å². The van der Waals surface area contributed by atoms with Gasteiger partial charge in [0.1, 0.15) is 0 Å². The van der Waals surface area contributed by atoms with Crippen molar-refractivity contribution in [1.29, 1.82) is 0 Å². The normalized spacial score (nSPS) is 17.8. The van der Waals surface area contributed by atoms with Gasteiger partial charge in [-0.3, -0.25) is 9.36 Å². The van der Waals surface area contributed by atoms with Gasteiger partial charge in [0.25, 0.3) is 0 Å². The highest BCUT2D eigenvalue weighted by molar-refractivity contribution is 7.99. The second-order valence-electron chi connectivity index (χ2n) is 6.30. The van der Waals surface area contributed by atoms with E-state index < -0.39 is 0 Å². The number of rotatable bonds is 7. The molecule has 0 saturated carbocycles. The lowest BCUT2D eigenvalue weighted by atomic mass is 10.0. The van der Waals surface area contributed by atoms with Crippen LogP contribution >= 0.6 is 11.8 Å². The van der Waals surface area contributed by atoms with Gasteiger partial charge < -0.3 is 14.1 Å². The summed E-state index contributed by atoms with van der Waals surface area (Å²) < 4.78 is 12.6. The fourth-order valence-electron chi connectivity index (χ4n) is 3.00. The highest BCUT2D eigenvalue weighted by atomic mass is 32.2. The van der Waals surface area contributed by atoms with Gasteiger partial charge in [0.2, 0.25) is 11.7 Å². The first-order chi connectivity index (χ1) is 12.2. The number of aromatic nitrogens is 3. The van der Waals surface area contributed by atoms with E-state index in [4.69, 9.17) is 9.15 Å². The molecule has 0 N–H and O–H groups in total. The average molecular weight is 364 g/mol. The van der Waals surface area contributed by atoms with Gasteiger partial charge in [0.05, 0.1) is 25.2 Å². The predicted octanol–water partition coefficient (Wildman–Crippen LogP) is 2.54. The van der Waals surface area contributed by atoms with Gasteiger partial charge in [-0.05, 0) is 30.9 Å². The molecular formula is C17H24N4O3S. The molecule has 2 aromatic rings. The molecule has 3 rings (SSSR count).